The molecule has 19 heavy (non-hydrogen) atoms. The Hall–Kier alpha value is -1.62. The van der Waals surface area contributed by atoms with Gasteiger partial charge in [0.05, 0.1) is 0 Å². The second-order valence-corrected chi connectivity index (χ2v) is 4.58. The fourth-order valence-corrected chi connectivity index (χ4v) is 1.41. The zero-order chi connectivity index (χ0) is 15.3. The van der Waals surface area contributed by atoms with Crippen molar-refractivity contribution < 1.29 is 45.2 Å². The Bertz CT molecular complexity index is 453. The Labute approximate surface area is 105 Å². The minimum atomic E-state index is -5.20. The van der Waals surface area contributed by atoms with Gasteiger partial charge in [0.2, 0.25) is 6.10 Å². The maximum Gasteiger partial charge on any atom is 0.426 e. The van der Waals surface area contributed by atoms with E-state index < -0.39 is 46.7 Å². The lowest BCUT2D eigenvalue weighted by Crippen LogP contribution is -2.40. The van der Waals surface area contributed by atoms with Crippen LogP contribution >= 0.6 is 0 Å². The highest BCUT2D eigenvalue weighted by molar-refractivity contribution is 7.85. The molecule has 1 N–H and O–H groups in total. The highest BCUT2D eigenvalue weighted by atomic mass is 32.2. The first kappa shape index (κ1) is 17.4. The molecule has 1 unspecified atom stereocenters. The normalized spacial score (nSPS) is 13.5. The lowest BCUT2D eigenvalue weighted by atomic mass is 10.4. The summed E-state index contributed by atoms with van der Waals surface area (Å²) < 4.78 is 73.8. The first-order chi connectivity index (χ1) is 8.45. The highest BCUT2D eigenvalue weighted by Gasteiger charge is 2.45. The van der Waals surface area contributed by atoms with Crippen LogP contribution < -0.4 is 0 Å². The molecule has 0 aromatic rings. The van der Waals surface area contributed by atoms with Crippen LogP contribution in [0, 0.1) is 0 Å². The summed E-state index contributed by atoms with van der Waals surface area (Å²) >= 11 is 0. The van der Waals surface area contributed by atoms with E-state index in [0.29, 0.717) is 6.08 Å². The van der Waals surface area contributed by atoms with Crippen LogP contribution in [0.2, 0.25) is 0 Å². The fourth-order valence-electron chi connectivity index (χ4n) is 0.768. The number of alkyl halides is 3. The topological polar surface area (TPSA) is 107 Å². The molecule has 0 bridgehead atoms. The van der Waals surface area contributed by atoms with Crippen LogP contribution in [0.5, 0.6) is 0 Å². The average Bonchev–Trinajstić information content (AvgIpc) is 2.21. The van der Waals surface area contributed by atoms with Gasteiger partial charge in [-0.1, -0.05) is 6.58 Å². The summed E-state index contributed by atoms with van der Waals surface area (Å²) in [5.74, 6) is -4.55. The van der Waals surface area contributed by atoms with E-state index in [1.54, 1.807) is 0 Å². The summed E-state index contributed by atoms with van der Waals surface area (Å²) in [5.41, 5.74) is 0. The molecule has 11 heteroatoms. The summed E-state index contributed by atoms with van der Waals surface area (Å²) in [4.78, 5) is 21.4. The number of esters is 2. The van der Waals surface area contributed by atoms with Crippen molar-refractivity contribution in [1.82, 2.24) is 0 Å². The fraction of sp³-hybridized carbons (Fsp3) is 0.500. The lowest BCUT2D eigenvalue weighted by molar-refractivity contribution is -0.217. The van der Waals surface area contributed by atoms with Crippen LogP contribution in [-0.4, -0.2) is 49.5 Å². The number of carbonyl (C=O) groups is 2. The van der Waals surface area contributed by atoms with Gasteiger partial charge >= 0.3 is 18.1 Å². The maximum atomic E-state index is 12.3. The number of carbonyl (C=O) groups excluding carboxylic acids is 2. The van der Waals surface area contributed by atoms with Crippen molar-refractivity contribution in [3.63, 3.8) is 0 Å². The molecule has 0 saturated carbocycles. The van der Waals surface area contributed by atoms with Crippen molar-refractivity contribution in [2.24, 2.45) is 0 Å². The van der Waals surface area contributed by atoms with E-state index in [2.05, 4.69) is 16.1 Å². The van der Waals surface area contributed by atoms with Crippen molar-refractivity contribution in [3.05, 3.63) is 12.7 Å². The number of hydrogen-bond donors (Lipinski definition) is 1. The highest BCUT2D eigenvalue weighted by Crippen LogP contribution is 2.24. The molecule has 0 aliphatic rings. The van der Waals surface area contributed by atoms with E-state index in [1.165, 1.54) is 0 Å². The van der Waals surface area contributed by atoms with Crippen molar-refractivity contribution >= 4 is 22.1 Å². The van der Waals surface area contributed by atoms with Crippen LogP contribution in [0.1, 0.15) is 0 Å². The second-order valence-electron chi connectivity index (χ2n) is 3.08. The van der Waals surface area contributed by atoms with Crippen LogP contribution in [0.25, 0.3) is 0 Å². The summed E-state index contributed by atoms with van der Waals surface area (Å²) in [6.07, 6.45) is -7.60. The van der Waals surface area contributed by atoms with Gasteiger partial charge in [-0.15, -0.1) is 0 Å². The first-order valence-corrected chi connectivity index (χ1v) is 6.07. The Morgan fingerprint density at radius 1 is 1.37 bits per heavy atom. The molecule has 0 saturated heterocycles. The first-order valence-electron chi connectivity index (χ1n) is 4.46. The quantitative estimate of drug-likeness (QED) is 0.420. The molecule has 0 aliphatic carbocycles. The Morgan fingerprint density at radius 2 is 1.89 bits per heavy atom. The zero-order valence-corrected chi connectivity index (χ0v) is 10.0. The van der Waals surface area contributed by atoms with Crippen molar-refractivity contribution in [2.75, 3.05) is 12.4 Å². The van der Waals surface area contributed by atoms with E-state index in [0.717, 1.165) is 0 Å². The number of hydrogen-bond acceptors (Lipinski definition) is 6. The largest absolute Gasteiger partial charge is 0.451 e. The Kier molecular flexibility index (Phi) is 5.96. The predicted molar refractivity (Wildman–Crippen MR) is 53.5 cm³/mol. The molecular weight excluding hydrogens is 297 g/mol. The Balaban J connectivity index is 4.62. The van der Waals surface area contributed by atoms with E-state index >= 15 is 0 Å². The molecule has 0 amide bonds. The van der Waals surface area contributed by atoms with Crippen molar-refractivity contribution in [2.45, 2.75) is 12.3 Å². The van der Waals surface area contributed by atoms with Gasteiger partial charge in [0.15, 0.2) is 6.61 Å². The zero-order valence-electron chi connectivity index (χ0n) is 9.21. The molecule has 0 spiro atoms. The number of halogens is 3. The van der Waals surface area contributed by atoms with Gasteiger partial charge < -0.3 is 9.47 Å². The van der Waals surface area contributed by atoms with Gasteiger partial charge in [-0.25, -0.2) is 9.59 Å². The minimum Gasteiger partial charge on any atom is -0.451 e. The Morgan fingerprint density at radius 3 is 2.26 bits per heavy atom. The third-order valence-electron chi connectivity index (χ3n) is 1.50. The molecule has 1 atom stereocenters. The number of ether oxygens (including phenoxy) is 2. The van der Waals surface area contributed by atoms with Gasteiger partial charge in [-0.2, -0.15) is 21.6 Å². The molecular formula is C8H9F3O7S. The molecule has 110 valence electrons. The number of rotatable bonds is 6. The minimum absolute atomic E-state index is 0.659. The van der Waals surface area contributed by atoms with Crippen molar-refractivity contribution in [1.29, 1.82) is 0 Å². The van der Waals surface area contributed by atoms with Gasteiger partial charge in [-0.3, -0.25) is 4.55 Å². The average molecular weight is 306 g/mol. The molecule has 0 aromatic carbocycles. The molecule has 7 nitrogen and oxygen atoms in total. The van der Waals surface area contributed by atoms with E-state index in [4.69, 9.17) is 4.55 Å². The van der Waals surface area contributed by atoms with Crippen LogP contribution in [0.3, 0.4) is 0 Å². The van der Waals surface area contributed by atoms with Crippen molar-refractivity contribution in [3.8, 4) is 0 Å². The standard InChI is InChI=1S/C8H9F3O7S/c1-2-6(12)17-3-7(13)18-5(8(9,10)11)4-19(14,15)16/h2,5H,1,3-4H2,(H,14,15,16). The molecule has 0 heterocycles. The van der Waals surface area contributed by atoms with E-state index in [1.807, 2.05) is 0 Å². The smallest absolute Gasteiger partial charge is 0.426 e. The van der Waals surface area contributed by atoms with E-state index in [-0.39, 0.29) is 0 Å². The lowest BCUT2D eigenvalue weighted by Gasteiger charge is -2.19. The van der Waals surface area contributed by atoms with Crippen LogP contribution in [0.15, 0.2) is 12.7 Å². The molecule has 0 aliphatic heterocycles. The van der Waals surface area contributed by atoms with Crippen LogP contribution in [-0.2, 0) is 29.2 Å². The third kappa shape index (κ3) is 8.15. The van der Waals surface area contributed by atoms with E-state index in [9.17, 15) is 31.2 Å². The molecule has 0 rings (SSSR count). The van der Waals surface area contributed by atoms with Gasteiger partial charge in [0.1, 0.15) is 5.75 Å². The van der Waals surface area contributed by atoms with Gasteiger partial charge in [-0.05, 0) is 0 Å². The van der Waals surface area contributed by atoms with Crippen LogP contribution in [0.4, 0.5) is 13.2 Å². The third-order valence-corrected chi connectivity index (χ3v) is 2.22. The summed E-state index contributed by atoms with van der Waals surface area (Å²) in [6.45, 7) is 1.82. The second kappa shape index (κ2) is 6.52. The summed E-state index contributed by atoms with van der Waals surface area (Å²) in [7, 11) is -5.01. The monoisotopic (exact) mass is 306 g/mol. The maximum absolute atomic E-state index is 12.3. The molecule has 0 radical (unpaired) electrons. The van der Waals surface area contributed by atoms with Gasteiger partial charge in [0, 0.05) is 6.08 Å². The van der Waals surface area contributed by atoms with Gasteiger partial charge in [0.25, 0.3) is 10.1 Å². The predicted octanol–water partition coefficient (Wildman–Crippen LogP) is 0.0775. The molecule has 0 fully saturated rings. The SMILES string of the molecule is C=CC(=O)OCC(=O)OC(CS(=O)(=O)O)C(F)(F)F. The molecule has 0 aromatic heterocycles. The summed E-state index contributed by atoms with van der Waals surface area (Å²) in [6, 6.07) is 0. The summed E-state index contributed by atoms with van der Waals surface area (Å²) in [5, 5.41) is 0.